The van der Waals surface area contributed by atoms with Gasteiger partial charge in [0.05, 0.1) is 5.41 Å². The van der Waals surface area contributed by atoms with Crippen LogP contribution in [0.1, 0.15) is 18.4 Å². The van der Waals surface area contributed by atoms with E-state index >= 15 is 0 Å². The molecular weight excluding hydrogens is 214 g/mol. The number of nitrogens with zero attached hydrogens (tertiary/aromatic N) is 1. The summed E-state index contributed by atoms with van der Waals surface area (Å²) in [7, 11) is 2.02. The fraction of sp³-hybridized carbons (Fsp3) is 0.357. The highest BCUT2D eigenvalue weighted by Crippen LogP contribution is 2.48. The Hall–Kier alpha value is -1.77. The number of rotatable bonds is 3. The lowest BCUT2D eigenvalue weighted by atomic mass is 9.96. The van der Waals surface area contributed by atoms with E-state index in [1.807, 2.05) is 19.3 Å². The molecule has 1 aromatic carbocycles. The minimum Gasteiger partial charge on any atom is -0.481 e. The molecule has 3 heteroatoms. The third-order valence-corrected chi connectivity index (χ3v) is 3.80. The fourth-order valence-corrected chi connectivity index (χ4v) is 2.45. The van der Waals surface area contributed by atoms with Gasteiger partial charge in [0, 0.05) is 18.8 Å². The molecule has 0 atom stereocenters. The quantitative estimate of drug-likeness (QED) is 0.879. The van der Waals surface area contributed by atoms with Gasteiger partial charge in [0.25, 0.3) is 0 Å². The van der Waals surface area contributed by atoms with Crippen LogP contribution in [0.4, 0.5) is 0 Å². The van der Waals surface area contributed by atoms with Crippen LogP contribution in [0, 0.1) is 5.41 Å². The molecule has 0 saturated heterocycles. The first kappa shape index (κ1) is 10.4. The monoisotopic (exact) mass is 229 g/mol. The first-order valence-electron chi connectivity index (χ1n) is 5.88. The van der Waals surface area contributed by atoms with Crippen molar-refractivity contribution in [1.82, 2.24) is 4.57 Å². The third kappa shape index (κ3) is 1.62. The number of carboxylic acids is 1. The lowest BCUT2D eigenvalue weighted by molar-refractivity contribution is -0.143. The summed E-state index contributed by atoms with van der Waals surface area (Å²) in [4.78, 5) is 11.2. The first-order chi connectivity index (χ1) is 8.11. The van der Waals surface area contributed by atoms with E-state index < -0.39 is 11.4 Å². The van der Waals surface area contributed by atoms with Crippen molar-refractivity contribution in [3.63, 3.8) is 0 Å². The van der Waals surface area contributed by atoms with E-state index in [9.17, 15) is 9.90 Å². The van der Waals surface area contributed by atoms with Gasteiger partial charge in [-0.25, -0.2) is 0 Å². The zero-order valence-corrected chi connectivity index (χ0v) is 9.81. The maximum absolute atomic E-state index is 11.2. The van der Waals surface area contributed by atoms with Crippen LogP contribution < -0.4 is 0 Å². The minimum absolute atomic E-state index is 0.470. The number of carbonyl (C=O) groups is 1. The third-order valence-electron chi connectivity index (χ3n) is 3.80. The zero-order chi connectivity index (χ0) is 12.0. The molecule has 2 aromatic rings. The maximum Gasteiger partial charge on any atom is 0.309 e. The van der Waals surface area contributed by atoms with Crippen molar-refractivity contribution >= 4 is 16.9 Å². The van der Waals surface area contributed by atoms with Crippen LogP contribution in [0.25, 0.3) is 10.9 Å². The molecule has 0 bridgehead atoms. The van der Waals surface area contributed by atoms with Gasteiger partial charge in [0.2, 0.25) is 0 Å². The van der Waals surface area contributed by atoms with E-state index in [0.29, 0.717) is 6.42 Å². The molecule has 0 unspecified atom stereocenters. The van der Waals surface area contributed by atoms with Crippen LogP contribution in [-0.4, -0.2) is 15.6 Å². The average molecular weight is 229 g/mol. The number of hydrogen-bond donors (Lipinski definition) is 1. The average Bonchev–Trinajstić information content (AvgIpc) is 2.99. The van der Waals surface area contributed by atoms with Gasteiger partial charge in [0.1, 0.15) is 0 Å². The number of fused-ring (bicyclic) bond motifs is 1. The Morgan fingerprint density at radius 1 is 1.41 bits per heavy atom. The van der Waals surface area contributed by atoms with Gasteiger partial charge < -0.3 is 9.67 Å². The molecule has 1 N–H and O–H groups in total. The summed E-state index contributed by atoms with van der Waals surface area (Å²) in [6.45, 7) is 0. The number of hydrogen-bond acceptors (Lipinski definition) is 1. The number of aromatic nitrogens is 1. The first-order valence-corrected chi connectivity index (χ1v) is 5.88. The van der Waals surface area contributed by atoms with Crippen molar-refractivity contribution in [3.8, 4) is 0 Å². The summed E-state index contributed by atoms with van der Waals surface area (Å²) in [5, 5.41) is 10.4. The number of carboxylic acid groups (broad SMARTS) is 1. The highest BCUT2D eigenvalue weighted by molar-refractivity contribution is 5.82. The molecule has 1 heterocycles. The van der Waals surface area contributed by atoms with Crippen LogP contribution in [0.5, 0.6) is 0 Å². The van der Waals surface area contributed by atoms with E-state index in [1.165, 1.54) is 10.9 Å². The second-order valence-electron chi connectivity index (χ2n) is 5.08. The normalized spacial score (nSPS) is 17.2. The minimum atomic E-state index is -0.648. The van der Waals surface area contributed by atoms with Gasteiger partial charge in [-0.1, -0.05) is 6.07 Å². The second-order valence-corrected chi connectivity index (χ2v) is 5.08. The van der Waals surface area contributed by atoms with Gasteiger partial charge >= 0.3 is 5.97 Å². The smallest absolute Gasteiger partial charge is 0.309 e. The van der Waals surface area contributed by atoms with E-state index in [4.69, 9.17) is 0 Å². The fourth-order valence-electron chi connectivity index (χ4n) is 2.45. The molecule has 1 aliphatic rings. The van der Waals surface area contributed by atoms with Gasteiger partial charge in [0.15, 0.2) is 0 Å². The molecule has 1 aromatic heterocycles. The SMILES string of the molecule is Cn1ccc2cc(CC3(C(=O)O)CC3)ccc21. The van der Waals surface area contributed by atoms with E-state index in [0.717, 1.165) is 18.4 Å². The molecule has 0 radical (unpaired) electrons. The summed E-state index contributed by atoms with van der Waals surface area (Å²) >= 11 is 0. The Bertz CT molecular complexity index is 593. The van der Waals surface area contributed by atoms with Crippen LogP contribution >= 0.6 is 0 Å². The van der Waals surface area contributed by atoms with Crippen LogP contribution in [0.3, 0.4) is 0 Å². The Kier molecular flexibility index (Phi) is 2.05. The predicted octanol–water partition coefficient (Wildman–Crippen LogP) is 2.59. The van der Waals surface area contributed by atoms with Gasteiger partial charge in [-0.2, -0.15) is 0 Å². The van der Waals surface area contributed by atoms with Crippen LogP contribution in [0.15, 0.2) is 30.5 Å². The van der Waals surface area contributed by atoms with Crippen molar-refractivity contribution in [2.45, 2.75) is 19.3 Å². The van der Waals surface area contributed by atoms with Crippen molar-refractivity contribution in [3.05, 3.63) is 36.0 Å². The highest BCUT2D eigenvalue weighted by Gasteiger charge is 2.49. The zero-order valence-electron chi connectivity index (χ0n) is 9.81. The van der Waals surface area contributed by atoms with Crippen molar-refractivity contribution in [1.29, 1.82) is 0 Å². The summed E-state index contributed by atoms with van der Waals surface area (Å²) < 4.78 is 2.07. The maximum atomic E-state index is 11.2. The van der Waals surface area contributed by atoms with Crippen LogP contribution in [-0.2, 0) is 18.3 Å². The Morgan fingerprint density at radius 3 is 2.82 bits per heavy atom. The summed E-state index contributed by atoms with van der Waals surface area (Å²) in [5.74, 6) is -0.648. The van der Waals surface area contributed by atoms with E-state index in [-0.39, 0.29) is 0 Å². The van der Waals surface area contributed by atoms with Gasteiger partial charge in [-0.15, -0.1) is 0 Å². The molecule has 0 spiro atoms. The van der Waals surface area contributed by atoms with Crippen LogP contribution in [0.2, 0.25) is 0 Å². The lowest BCUT2D eigenvalue weighted by Gasteiger charge is -2.09. The highest BCUT2D eigenvalue weighted by atomic mass is 16.4. The summed E-state index contributed by atoms with van der Waals surface area (Å²) in [6, 6.07) is 8.30. The lowest BCUT2D eigenvalue weighted by Crippen LogP contribution is -2.17. The molecule has 1 aliphatic carbocycles. The Balaban J connectivity index is 1.94. The van der Waals surface area contributed by atoms with Gasteiger partial charge in [-0.3, -0.25) is 4.79 Å². The Labute approximate surface area is 99.7 Å². The molecule has 17 heavy (non-hydrogen) atoms. The largest absolute Gasteiger partial charge is 0.481 e. The number of aryl methyl sites for hydroxylation is 1. The van der Waals surface area contributed by atoms with E-state index in [1.54, 1.807) is 0 Å². The molecular formula is C14H15NO2. The molecule has 1 saturated carbocycles. The van der Waals surface area contributed by atoms with Gasteiger partial charge in [-0.05, 0) is 48.4 Å². The molecule has 0 aliphatic heterocycles. The number of aliphatic carboxylic acids is 1. The topological polar surface area (TPSA) is 42.2 Å². The number of benzene rings is 1. The van der Waals surface area contributed by atoms with Crippen molar-refractivity contribution < 1.29 is 9.90 Å². The van der Waals surface area contributed by atoms with Crippen molar-refractivity contribution in [2.75, 3.05) is 0 Å². The summed E-state index contributed by atoms with van der Waals surface area (Å²) in [5.41, 5.74) is 1.85. The van der Waals surface area contributed by atoms with Crippen molar-refractivity contribution in [2.24, 2.45) is 12.5 Å². The van der Waals surface area contributed by atoms with E-state index in [2.05, 4.69) is 22.8 Å². The molecule has 1 fully saturated rings. The standard InChI is InChI=1S/C14H15NO2/c1-15-7-4-11-8-10(2-3-12(11)15)9-14(5-6-14)13(16)17/h2-4,7-8H,5-6,9H2,1H3,(H,16,17). The predicted molar refractivity (Wildman–Crippen MR) is 65.9 cm³/mol. The Morgan fingerprint density at radius 2 is 2.18 bits per heavy atom. The molecule has 3 nitrogen and oxygen atoms in total. The summed E-state index contributed by atoms with van der Waals surface area (Å²) in [6.07, 6.45) is 4.32. The molecule has 0 amide bonds. The second kappa shape index (κ2) is 3.36. The molecule has 88 valence electrons. The molecule has 3 rings (SSSR count).